The maximum Gasteiger partial charge on any atom is 0.0244 e. The number of likely N-dealkylation sites (tertiary alicyclic amines) is 1. The van der Waals surface area contributed by atoms with Crippen molar-refractivity contribution in [3.63, 3.8) is 0 Å². The first kappa shape index (κ1) is 15.0. The van der Waals surface area contributed by atoms with Gasteiger partial charge in [0.2, 0.25) is 0 Å². The van der Waals surface area contributed by atoms with Gasteiger partial charge in [-0.3, -0.25) is 4.90 Å². The number of hydrogen-bond acceptors (Lipinski definition) is 2. The van der Waals surface area contributed by atoms with E-state index in [1.165, 1.54) is 70.9 Å². The fourth-order valence-electron chi connectivity index (χ4n) is 2.99. The quantitative estimate of drug-likeness (QED) is 0.657. The molecule has 1 fully saturated rings. The summed E-state index contributed by atoms with van der Waals surface area (Å²) in [5.74, 6) is 0. The summed E-state index contributed by atoms with van der Waals surface area (Å²) in [4.78, 5) is 2.65. The summed E-state index contributed by atoms with van der Waals surface area (Å²) in [5, 5.41) is 0. The number of piperidine rings is 1. The molecule has 1 rings (SSSR count). The molecule has 0 aromatic carbocycles. The molecule has 0 radical (unpaired) electrons. The zero-order chi connectivity index (χ0) is 12.5. The van der Waals surface area contributed by atoms with Crippen molar-refractivity contribution >= 4 is 0 Å². The van der Waals surface area contributed by atoms with Crippen LogP contribution >= 0.6 is 0 Å². The summed E-state index contributed by atoms with van der Waals surface area (Å²) >= 11 is 0. The predicted molar refractivity (Wildman–Crippen MR) is 76.2 cm³/mol. The van der Waals surface area contributed by atoms with Gasteiger partial charge in [0, 0.05) is 12.1 Å². The second-order valence-electron chi connectivity index (χ2n) is 5.73. The van der Waals surface area contributed by atoms with Crippen LogP contribution < -0.4 is 5.73 Å². The molecule has 2 unspecified atom stereocenters. The maximum absolute atomic E-state index is 6.09. The first-order valence-corrected chi connectivity index (χ1v) is 7.75. The average Bonchev–Trinajstić information content (AvgIpc) is 2.34. The highest BCUT2D eigenvalue weighted by Gasteiger charge is 2.24. The molecular weight excluding hydrogens is 208 g/mol. The van der Waals surface area contributed by atoms with Crippen LogP contribution in [0, 0.1) is 0 Å². The second kappa shape index (κ2) is 8.93. The van der Waals surface area contributed by atoms with Crippen LogP contribution in [0.3, 0.4) is 0 Å². The minimum atomic E-state index is 0.343. The van der Waals surface area contributed by atoms with E-state index in [4.69, 9.17) is 5.73 Å². The Morgan fingerprint density at radius 2 is 1.82 bits per heavy atom. The molecule has 2 heteroatoms. The molecule has 0 bridgehead atoms. The molecule has 0 spiro atoms. The summed E-state index contributed by atoms with van der Waals surface area (Å²) in [6.45, 7) is 7.00. The van der Waals surface area contributed by atoms with E-state index in [1.807, 2.05) is 0 Å². The van der Waals surface area contributed by atoms with Crippen LogP contribution in [-0.2, 0) is 0 Å². The largest absolute Gasteiger partial charge is 0.327 e. The van der Waals surface area contributed by atoms with Gasteiger partial charge in [-0.2, -0.15) is 0 Å². The lowest BCUT2D eigenvalue weighted by molar-refractivity contribution is 0.128. The van der Waals surface area contributed by atoms with E-state index >= 15 is 0 Å². The first-order chi connectivity index (χ1) is 8.25. The summed E-state index contributed by atoms with van der Waals surface area (Å²) < 4.78 is 0. The van der Waals surface area contributed by atoms with Crippen molar-refractivity contribution in [1.82, 2.24) is 4.90 Å². The van der Waals surface area contributed by atoms with Crippen molar-refractivity contribution in [1.29, 1.82) is 0 Å². The van der Waals surface area contributed by atoms with E-state index in [0.717, 1.165) is 0 Å². The lowest BCUT2D eigenvalue weighted by atomic mass is 9.96. The van der Waals surface area contributed by atoms with Gasteiger partial charge in [-0.25, -0.2) is 0 Å². The van der Waals surface area contributed by atoms with Crippen LogP contribution in [0.2, 0.25) is 0 Å². The summed E-state index contributed by atoms with van der Waals surface area (Å²) in [5.41, 5.74) is 6.09. The van der Waals surface area contributed by atoms with Crippen molar-refractivity contribution in [2.45, 2.75) is 83.7 Å². The smallest absolute Gasteiger partial charge is 0.0244 e. The first-order valence-electron chi connectivity index (χ1n) is 7.75. The fourth-order valence-corrected chi connectivity index (χ4v) is 2.99. The van der Waals surface area contributed by atoms with Crippen LogP contribution in [0.25, 0.3) is 0 Å². The van der Waals surface area contributed by atoms with Crippen LogP contribution in [0.5, 0.6) is 0 Å². The van der Waals surface area contributed by atoms with Crippen molar-refractivity contribution in [2.24, 2.45) is 5.73 Å². The van der Waals surface area contributed by atoms with Gasteiger partial charge in [0.15, 0.2) is 0 Å². The number of hydrogen-bond donors (Lipinski definition) is 1. The Labute approximate surface area is 108 Å². The van der Waals surface area contributed by atoms with Crippen LogP contribution in [0.1, 0.15) is 71.6 Å². The minimum absolute atomic E-state index is 0.343. The van der Waals surface area contributed by atoms with Gasteiger partial charge in [0.05, 0.1) is 0 Å². The van der Waals surface area contributed by atoms with Gasteiger partial charge < -0.3 is 5.73 Å². The van der Waals surface area contributed by atoms with Crippen LogP contribution in [0.15, 0.2) is 0 Å². The molecule has 0 aromatic heterocycles. The summed E-state index contributed by atoms with van der Waals surface area (Å²) in [6.07, 6.45) is 12.4. The topological polar surface area (TPSA) is 29.3 Å². The Hall–Kier alpha value is -0.0800. The van der Waals surface area contributed by atoms with E-state index in [0.29, 0.717) is 12.1 Å². The monoisotopic (exact) mass is 240 g/mol. The zero-order valence-corrected chi connectivity index (χ0v) is 12.0. The summed E-state index contributed by atoms with van der Waals surface area (Å²) in [6, 6.07) is 0.995. The number of nitrogens with two attached hydrogens (primary N) is 1. The second-order valence-corrected chi connectivity index (χ2v) is 5.73. The van der Waals surface area contributed by atoms with Crippen molar-refractivity contribution in [3.8, 4) is 0 Å². The van der Waals surface area contributed by atoms with E-state index in [9.17, 15) is 0 Å². The molecule has 2 atom stereocenters. The molecule has 1 aliphatic heterocycles. The summed E-state index contributed by atoms with van der Waals surface area (Å²) in [7, 11) is 0. The third-order valence-electron chi connectivity index (χ3n) is 4.07. The van der Waals surface area contributed by atoms with Crippen LogP contribution in [0.4, 0.5) is 0 Å². The van der Waals surface area contributed by atoms with Gasteiger partial charge in [0.1, 0.15) is 0 Å². The molecule has 0 saturated carbocycles. The Morgan fingerprint density at radius 1 is 1.12 bits per heavy atom. The lowest BCUT2D eigenvalue weighted by Crippen LogP contribution is -2.49. The van der Waals surface area contributed by atoms with Gasteiger partial charge in [-0.05, 0) is 39.3 Å². The van der Waals surface area contributed by atoms with Crippen LogP contribution in [-0.4, -0.2) is 30.1 Å². The number of rotatable bonds is 8. The standard InChI is InChI=1S/C15H32N2/c1-3-4-5-6-7-9-12-17-13-10-8-11-15(17)14(2)16/h14-15H,3-13,16H2,1-2H3. The van der Waals surface area contributed by atoms with E-state index in [2.05, 4.69) is 18.7 Å². The van der Waals surface area contributed by atoms with Crippen molar-refractivity contribution in [2.75, 3.05) is 13.1 Å². The third kappa shape index (κ3) is 5.87. The molecule has 17 heavy (non-hydrogen) atoms. The highest BCUT2D eigenvalue weighted by atomic mass is 15.2. The minimum Gasteiger partial charge on any atom is -0.327 e. The van der Waals surface area contributed by atoms with Gasteiger partial charge >= 0.3 is 0 Å². The molecule has 1 saturated heterocycles. The molecule has 102 valence electrons. The molecule has 0 aromatic rings. The Kier molecular flexibility index (Phi) is 7.87. The average molecular weight is 240 g/mol. The highest BCUT2D eigenvalue weighted by molar-refractivity contribution is 4.82. The van der Waals surface area contributed by atoms with Crippen molar-refractivity contribution < 1.29 is 0 Å². The molecular formula is C15H32N2. The Bertz CT molecular complexity index is 180. The van der Waals surface area contributed by atoms with E-state index in [1.54, 1.807) is 0 Å². The number of nitrogens with zero attached hydrogens (tertiary/aromatic N) is 1. The van der Waals surface area contributed by atoms with Crippen molar-refractivity contribution in [3.05, 3.63) is 0 Å². The van der Waals surface area contributed by atoms with Gasteiger partial charge in [-0.15, -0.1) is 0 Å². The number of unbranched alkanes of at least 4 members (excludes halogenated alkanes) is 5. The van der Waals surface area contributed by atoms with Gasteiger partial charge in [0.25, 0.3) is 0 Å². The Balaban J connectivity index is 2.11. The fraction of sp³-hybridized carbons (Fsp3) is 1.00. The lowest BCUT2D eigenvalue weighted by Gasteiger charge is -2.38. The molecule has 0 amide bonds. The SMILES string of the molecule is CCCCCCCCN1CCCCC1C(C)N. The predicted octanol–water partition coefficient (Wildman–Crippen LogP) is 3.55. The molecule has 0 aliphatic carbocycles. The highest BCUT2D eigenvalue weighted by Crippen LogP contribution is 2.19. The Morgan fingerprint density at radius 3 is 2.53 bits per heavy atom. The molecule has 2 nitrogen and oxygen atoms in total. The van der Waals surface area contributed by atoms with E-state index < -0.39 is 0 Å². The third-order valence-corrected chi connectivity index (χ3v) is 4.07. The van der Waals surface area contributed by atoms with Gasteiger partial charge in [-0.1, -0.05) is 45.4 Å². The molecule has 2 N–H and O–H groups in total. The normalized spacial score (nSPS) is 23.8. The molecule has 1 aliphatic rings. The zero-order valence-electron chi connectivity index (χ0n) is 12.0. The van der Waals surface area contributed by atoms with E-state index in [-0.39, 0.29) is 0 Å². The maximum atomic E-state index is 6.09. The molecule has 1 heterocycles.